The summed E-state index contributed by atoms with van der Waals surface area (Å²) in [6.45, 7) is 1.83. The number of aromatic nitrogens is 2. The van der Waals surface area contributed by atoms with E-state index in [1.165, 1.54) is 6.07 Å². The Labute approximate surface area is 148 Å². The molecule has 0 saturated carbocycles. The van der Waals surface area contributed by atoms with Crippen LogP contribution in [-0.2, 0) is 4.79 Å². The van der Waals surface area contributed by atoms with Crippen LogP contribution in [0.3, 0.4) is 0 Å². The number of pyridine rings is 1. The van der Waals surface area contributed by atoms with Crippen molar-refractivity contribution in [1.82, 2.24) is 10.1 Å². The minimum atomic E-state index is -0.627. The molecule has 0 aliphatic carbocycles. The predicted octanol–water partition coefficient (Wildman–Crippen LogP) is 2.95. The molecule has 2 aromatic heterocycles. The van der Waals surface area contributed by atoms with Gasteiger partial charge in [-0.15, -0.1) is 0 Å². The number of amides is 1. The Morgan fingerprint density at radius 3 is 2.69 bits per heavy atom. The number of nitrogens with zero attached hydrogens (tertiary/aromatic N) is 3. The lowest BCUT2D eigenvalue weighted by atomic mass is 9.94. The fourth-order valence-electron chi connectivity index (χ4n) is 3.18. The maximum Gasteiger partial charge on any atom is 0.220 e. The van der Waals surface area contributed by atoms with E-state index in [0.29, 0.717) is 22.9 Å². The van der Waals surface area contributed by atoms with Gasteiger partial charge in [0.15, 0.2) is 5.76 Å². The zero-order valence-electron chi connectivity index (χ0n) is 13.9. The number of hydrogen-bond donors (Lipinski definition) is 1. The second-order valence-electron chi connectivity index (χ2n) is 6.08. The van der Waals surface area contributed by atoms with Crippen LogP contribution in [0.15, 0.2) is 52.1 Å². The van der Waals surface area contributed by atoms with E-state index in [-0.39, 0.29) is 6.42 Å². The number of carbonyl (C=O) groups is 1. The Hall–Kier alpha value is -3.35. The lowest BCUT2D eigenvalue weighted by Gasteiger charge is -2.10. The lowest BCUT2D eigenvalue weighted by Crippen LogP contribution is -2.15. The molecule has 0 spiro atoms. The molecule has 3 heterocycles. The first kappa shape index (κ1) is 16.1. The van der Waals surface area contributed by atoms with E-state index in [1.807, 2.05) is 31.2 Å². The molecule has 26 heavy (non-hydrogen) atoms. The van der Waals surface area contributed by atoms with Crippen LogP contribution in [0.1, 0.15) is 35.2 Å². The van der Waals surface area contributed by atoms with Gasteiger partial charge in [-0.05, 0) is 24.6 Å². The first-order valence-corrected chi connectivity index (χ1v) is 8.08. The van der Waals surface area contributed by atoms with Gasteiger partial charge < -0.3 is 10.3 Å². The number of halogens is 1. The summed E-state index contributed by atoms with van der Waals surface area (Å²) in [7, 11) is 0. The first-order valence-electron chi connectivity index (χ1n) is 8.08. The van der Waals surface area contributed by atoms with Gasteiger partial charge in [0.1, 0.15) is 11.9 Å². The summed E-state index contributed by atoms with van der Waals surface area (Å²) in [5, 5.41) is 4.04. The molecule has 0 radical (unpaired) electrons. The fraction of sp³-hybridized carbons (Fsp3) is 0.158. The SMILES string of the molecule is Cc1noc2c1-c1ccccc1C(c1ccc(F)cn1)=N[C@H]2CC(N)=O. The number of aryl methyl sites for hydroxylation is 1. The van der Waals surface area contributed by atoms with Crippen LogP contribution < -0.4 is 5.73 Å². The molecule has 0 saturated heterocycles. The quantitative estimate of drug-likeness (QED) is 0.786. The maximum atomic E-state index is 13.3. The van der Waals surface area contributed by atoms with Crippen molar-refractivity contribution in [2.24, 2.45) is 10.7 Å². The number of fused-ring (bicyclic) bond motifs is 3. The van der Waals surface area contributed by atoms with Crippen LogP contribution >= 0.6 is 0 Å². The summed E-state index contributed by atoms with van der Waals surface area (Å²) < 4.78 is 18.8. The number of aliphatic imine (C=N–C) groups is 1. The Kier molecular flexibility index (Phi) is 3.84. The number of benzene rings is 1. The number of hydrogen-bond acceptors (Lipinski definition) is 5. The maximum absolute atomic E-state index is 13.3. The summed E-state index contributed by atoms with van der Waals surface area (Å²) >= 11 is 0. The van der Waals surface area contributed by atoms with Gasteiger partial charge in [-0.1, -0.05) is 29.4 Å². The Morgan fingerprint density at radius 1 is 1.23 bits per heavy atom. The van der Waals surface area contributed by atoms with Crippen molar-refractivity contribution >= 4 is 11.6 Å². The van der Waals surface area contributed by atoms with E-state index in [9.17, 15) is 9.18 Å². The van der Waals surface area contributed by atoms with Gasteiger partial charge in [0, 0.05) is 5.56 Å². The molecule has 6 nitrogen and oxygen atoms in total. The number of primary amides is 1. The molecule has 2 N–H and O–H groups in total. The number of carbonyl (C=O) groups excluding carboxylic acids is 1. The Balaban J connectivity index is 1.99. The zero-order chi connectivity index (χ0) is 18.3. The summed E-state index contributed by atoms with van der Waals surface area (Å²) in [6, 6.07) is 9.88. The van der Waals surface area contributed by atoms with Crippen molar-refractivity contribution in [3.8, 4) is 11.1 Å². The molecule has 1 aliphatic rings. The van der Waals surface area contributed by atoms with Gasteiger partial charge in [0.05, 0.1) is 35.3 Å². The lowest BCUT2D eigenvalue weighted by molar-refractivity contribution is -0.118. The van der Waals surface area contributed by atoms with E-state index in [2.05, 4.69) is 10.1 Å². The van der Waals surface area contributed by atoms with Crippen LogP contribution in [0.4, 0.5) is 4.39 Å². The van der Waals surface area contributed by atoms with Crippen LogP contribution in [0.5, 0.6) is 0 Å². The van der Waals surface area contributed by atoms with Gasteiger partial charge in [-0.3, -0.25) is 14.8 Å². The van der Waals surface area contributed by atoms with Crippen LogP contribution in [0.25, 0.3) is 11.1 Å². The normalized spacial score (nSPS) is 15.6. The molecule has 4 rings (SSSR count). The van der Waals surface area contributed by atoms with Crippen molar-refractivity contribution in [1.29, 1.82) is 0 Å². The topological polar surface area (TPSA) is 94.4 Å². The third-order valence-corrected chi connectivity index (χ3v) is 4.29. The van der Waals surface area contributed by atoms with Crippen molar-refractivity contribution in [3.63, 3.8) is 0 Å². The second kappa shape index (κ2) is 6.18. The molecular formula is C19H15FN4O2. The number of rotatable bonds is 3. The standard InChI is InChI=1S/C19H15FN4O2/c1-10-17-12-4-2-3-5-13(12)18(14-7-6-11(20)9-22-14)23-15(8-16(21)25)19(17)26-24-10/h2-7,9,15H,8H2,1H3,(H2,21,25)/t15-/m0/s1. The van der Waals surface area contributed by atoms with Crippen LogP contribution in [-0.4, -0.2) is 21.8 Å². The van der Waals surface area contributed by atoms with E-state index < -0.39 is 17.8 Å². The summed E-state index contributed by atoms with van der Waals surface area (Å²) in [5.41, 5.74) is 9.65. The summed E-state index contributed by atoms with van der Waals surface area (Å²) in [6.07, 6.45) is 1.11. The minimum absolute atomic E-state index is 0.0275. The van der Waals surface area contributed by atoms with Crippen molar-refractivity contribution < 1.29 is 13.7 Å². The van der Waals surface area contributed by atoms with Crippen molar-refractivity contribution in [3.05, 3.63) is 71.1 Å². The molecular weight excluding hydrogens is 335 g/mol. The van der Waals surface area contributed by atoms with Gasteiger partial charge in [-0.2, -0.15) is 0 Å². The highest BCUT2D eigenvalue weighted by molar-refractivity contribution is 6.16. The average Bonchev–Trinajstić information content (AvgIpc) is 2.94. The van der Waals surface area contributed by atoms with Crippen molar-refractivity contribution in [2.75, 3.05) is 0 Å². The summed E-state index contributed by atoms with van der Waals surface area (Å²) in [5.74, 6) is -0.446. The van der Waals surface area contributed by atoms with Gasteiger partial charge in [0.25, 0.3) is 0 Å². The molecule has 0 bridgehead atoms. The zero-order valence-corrected chi connectivity index (χ0v) is 13.9. The smallest absolute Gasteiger partial charge is 0.220 e. The predicted molar refractivity (Wildman–Crippen MR) is 93.1 cm³/mol. The highest BCUT2D eigenvalue weighted by Gasteiger charge is 2.31. The van der Waals surface area contributed by atoms with Crippen molar-refractivity contribution in [2.45, 2.75) is 19.4 Å². The third-order valence-electron chi connectivity index (χ3n) is 4.29. The fourth-order valence-corrected chi connectivity index (χ4v) is 3.18. The van der Waals surface area contributed by atoms with Gasteiger partial charge in [-0.25, -0.2) is 4.39 Å². The highest BCUT2D eigenvalue weighted by Crippen LogP contribution is 2.40. The second-order valence-corrected chi connectivity index (χ2v) is 6.08. The third kappa shape index (κ3) is 2.67. The first-order chi connectivity index (χ1) is 12.5. The molecule has 3 aromatic rings. The number of nitrogens with two attached hydrogens (primary N) is 1. The molecule has 1 atom stereocenters. The molecule has 0 unspecified atom stereocenters. The molecule has 1 aliphatic heterocycles. The van der Waals surface area contributed by atoms with Gasteiger partial charge in [0.2, 0.25) is 5.91 Å². The molecule has 130 valence electrons. The van der Waals surface area contributed by atoms with Crippen LogP contribution in [0.2, 0.25) is 0 Å². The largest absolute Gasteiger partial charge is 0.370 e. The van der Waals surface area contributed by atoms with E-state index >= 15 is 0 Å². The molecule has 7 heteroatoms. The van der Waals surface area contributed by atoms with E-state index in [4.69, 9.17) is 15.2 Å². The Bertz CT molecular complexity index is 1020. The Morgan fingerprint density at radius 2 is 2.00 bits per heavy atom. The monoisotopic (exact) mass is 350 g/mol. The van der Waals surface area contributed by atoms with E-state index in [0.717, 1.165) is 22.9 Å². The summed E-state index contributed by atoms with van der Waals surface area (Å²) in [4.78, 5) is 20.4. The molecule has 1 amide bonds. The average molecular weight is 350 g/mol. The minimum Gasteiger partial charge on any atom is -0.370 e. The van der Waals surface area contributed by atoms with Crippen LogP contribution in [0, 0.1) is 12.7 Å². The molecule has 0 fully saturated rings. The van der Waals surface area contributed by atoms with Gasteiger partial charge >= 0.3 is 0 Å². The highest BCUT2D eigenvalue weighted by atomic mass is 19.1. The molecule has 1 aromatic carbocycles. The van der Waals surface area contributed by atoms with E-state index in [1.54, 1.807) is 6.07 Å².